The minimum absolute atomic E-state index is 0.0664. The van der Waals surface area contributed by atoms with E-state index in [-0.39, 0.29) is 23.7 Å². The number of likely N-dealkylation sites (N-methyl/N-ethyl adjacent to an activating group) is 1. The van der Waals surface area contributed by atoms with Crippen LogP contribution in [0.3, 0.4) is 0 Å². The Kier molecular flexibility index (Phi) is 5.45. The molecule has 6 nitrogen and oxygen atoms in total. The summed E-state index contributed by atoms with van der Waals surface area (Å²) in [6, 6.07) is 10.5. The largest absolute Gasteiger partial charge is 0.340 e. The lowest BCUT2D eigenvalue weighted by atomic mass is 10.2. The van der Waals surface area contributed by atoms with Crippen LogP contribution in [0.15, 0.2) is 30.3 Å². The van der Waals surface area contributed by atoms with Crippen molar-refractivity contribution in [2.24, 2.45) is 11.8 Å². The van der Waals surface area contributed by atoms with Crippen LogP contribution in [0.5, 0.6) is 0 Å². The van der Waals surface area contributed by atoms with Gasteiger partial charge in [0.1, 0.15) is 0 Å². The number of hydrogen-bond acceptors (Lipinski definition) is 4. The molecule has 0 aromatic heterocycles. The van der Waals surface area contributed by atoms with Gasteiger partial charge in [-0.05, 0) is 19.0 Å². The van der Waals surface area contributed by atoms with E-state index in [0.29, 0.717) is 0 Å². The number of benzene rings is 1. The monoisotopic (exact) mass is 370 g/mol. The van der Waals surface area contributed by atoms with Gasteiger partial charge >= 0.3 is 0 Å². The lowest BCUT2D eigenvalue weighted by Gasteiger charge is -2.35. The highest BCUT2D eigenvalue weighted by Crippen LogP contribution is 2.41. The number of carbonyl (C=O) groups is 2. The fourth-order valence-corrected chi connectivity index (χ4v) is 4.20. The quantitative estimate of drug-likeness (QED) is 0.784. The van der Waals surface area contributed by atoms with Crippen molar-refractivity contribution in [2.75, 3.05) is 59.4 Å². The molecule has 1 aliphatic carbocycles. The maximum Gasteiger partial charge on any atom is 0.226 e. The molecule has 2 unspecified atom stereocenters. The molecule has 2 amide bonds. The van der Waals surface area contributed by atoms with E-state index < -0.39 is 0 Å². The zero-order valence-electron chi connectivity index (χ0n) is 16.2. The molecule has 4 rings (SSSR count). The number of carbonyl (C=O) groups excluding carboxylic acids is 2. The van der Waals surface area contributed by atoms with Gasteiger partial charge < -0.3 is 14.7 Å². The summed E-state index contributed by atoms with van der Waals surface area (Å²) < 4.78 is 0. The van der Waals surface area contributed by atoms with Crippen molar-refractivity contribution in [1.82, 2.24) is 19.6 Å². The van der Waals surface area contributed by atoms with Gasteiger partial charge in [-0.3, -0.25) is 14.5 Å². The highest BCUT2D eigenvalue weighted by molar-refractivity contribution is 5.92. The molecule has 1 aromatic carbocycles. The molecule has 0 radical (unpaired) electrons. The molecule has 1 saturated carbocycles. The molecule has 2 atom stereocenters. The SMILES string of the molecule is CN1CCN(C(=O)C2CC2C(=O)N2CCN(Cc3ccccc3)CC2)CC1. The van der Waals surface area contributed by atoms with Crippen LogP contribution in [0.25, 0.3) is 0 Å². The first-order valence-corrected chi connectivity index (χ1v) is 10.1. The smallest absolute Gasteiger partial charge is 0.226 e. The van der Waals surface area contributed by atoms with E-state index in [4.69, 9.17) is 0 Å². The molecule has 2 aliphatic heterocycles. The van der Waals surface area contributed by atoms with E-state index in [9.17, 15) is 9.59 Å². The molecule has 146 valence electrons. The molecule has 3 aliphatic rings. The molecule has 3 fully saturated rings. The third-order valence-electron chi connectivity index (χ3n) is 6.17. The van der Waals surface area contributed by atoms with Crippen molar-refractivity contribution >= 4 is 11.8 Å². The van der Waals surface area contributed by atoms with Crippen LogP contribution in [-0.2, 0) is 16.1 Å². The molecule has 1 aromatic rings. The summed E-state index contributed by atoms with van der Waals surface area (Å²) in [5, 5.41) is 0. The average molecular weight is 370 g/mol. The Morgan fingerprint density at radius 2 is 1.33 bits per heavy atom. The predicted molar refractivity (Wildman–Crippen MR) is 104 cm³/mol. The zero-order valence-corrected chi connectivity index (χ0v) is 16.2. The Labute approximate surface area is 161 Å². The first-order chi connectivity index (χ1) is 13.1. The standard InChI is InChI=1S/C21H30N4O2/c1-22-7-11-24(12-8-22)20(26)18-15-19(18)21(27)25-13-9-23(10-14-25)16-17-5-3-2-4-6-17/h2-6,18-19H,7-16H2,1H3. The number of piperazine rings is 2. The van der Waals surface area contributed by atoms with Gasteiger partial charge in [-0.2, -0.15) is 0 Å². The molecule has 2 saturated heterocycles. The van der Waals surface area contributed by atoms with Gasteiger partial charge in [0.05, 0.1) is 11.8 Å². The third kappa shape index (κ3) is 4.33. The Bertz CT molecular complexity index is 664. The first-order valence-electron chi connectivity index (χ1n) is 10.1. The van der Waals surface area contributed by atoms with E-state index in [1.807, 2.05) is 15.9 Å². The summed E-state index contributed by atoms with van der Waals surface area (Å²) in [4.78, 5) is 34.0. The van der Waals surface area contributed by atoms with Crippen LogP contribution in [0.2, 0.25) is 0 Å². The van der Waals surface area contributed by atoms with Crippen LogP contribution >= 0.6 is 0 Å². The second-order valence-electron chi connectivity index (χ2n) is 8.16. The van der Waals surface area contributed by atoms with Crippen molar-refractivity contribution in [3.63, 3.8) is 0 Å². The summed E-state index contributed by atoms with van der Waals surface area (Å²) in [6.45, 7) is 7.76. The Balaban J connectivity index is 1.23. The van der Waals surface area contributed by atoms with Gasteiger partial charge in [0.15, 0.2) is 0 Å². The molecule has 0 N–H and O–H groups in total. The molecule has 6 heteroatoms. The van der Waals surface area contributed by atoms with Gasteiger partial charge in [-0.15, -0.1) is 0 Å². The molecular weight excluding hydrogens is 340 g/mol. The summed E-state index contributed by atoms with van der Waals surface area (Å²) >= 11 is 0. The Morgan fingerprint density at radius 3 is 1.89 bits per heavy atom. The number of nitrogens with zero attached hydrogens (tertiary/aromatic N) is 4. The highest BCUT2D eigenvalue weighted by Gasteiger charge is 2.51. The number of hydrogen-bond donors (Lipinski definition) is 0. The van der Waals surface area contributed by atoms with E-state index in [0.717, 1.165) is 65.3 Å². The van der Waals surface area contributed by atoms with Crippen LogP contribution < -0.4 is 0 Å². The first kappa shape index (κ1) is 18.4. The van der Waals surface area contributed by atoms with Crippen LogP contribution in [0.1, 0.15) is 12.0 Å². The van der Waals surface area contributed by atoms with Crippen LogP contribution in [0.4, 0.5) is 0 Å². The second kappa shape index (κ2) is 7.98. The maximum atomic E-state index is 12.8. The van der Waals surface area contributed by atoms with Gasteiger partial charge in [-0.25, -0.2) is 0 Å². The predicted octanol–water partition coefficient (Wildman–Crippen LogP) is 0.741. The normalized spacial score (nSPS) is 26.9. The van der Waals surface area contributed by atoms with Crippen molar-refractivity contribution in [1.29, 1.82) is 0 Å². The van der Waals surface area contributed by atoms with Gasteiger partial charge in [0.25, 0.3) is 0 Å². The van der Waals surface area contributed by atoms with Crippen molar-refractivity contribution in [2.45, 2.75) is 13.0 Å². The van der Waals surface area contributed by atoms with Crippen molar-refractivity contribution < 1.29 is 9.59 Å². The topological polar surface area (TPSA) is 47.1 Å². The van der Waals surface area contributed by atoms with E-state index in [1.165, 1.54) is 5.56 Å². The summed E-state index contributed by atoms with van der Waals surface area (Å²) in [5.74, 6) is 0.257. The third-order valence-corrected chi connectivity index (χ3v) is 6.17. The summed E-state index contributed by atoms with van der Waals surface area (Å²) in [6.07, 6.45) is 0.744. The van der Waals surface area contributed by atoms with E-state index >= 15 is 0 Å². The van der Waals surface area contributed by atoms with E-state index in [2.05, 4.69) is 41.1 Å². The van der Waals surface area contributed by atoms with Gasteiger partial charge in [0, 0.05) is 58.9 Å². The van der Waals surface area contributed by atoms with Crippen LogP contribution in [0, 0.1) is 11.8 Å². The highest BCUT2D eigenvalue weighted by atomic mass is 16.2. The van der Waals surface area contributed by atoms with Crippen molar-refractivity contribution in [3.8, 4) is 0 Å². The molecule has 2 heterocycles. The molecule has 27 heavy (non-hydrogen) atoms. The van der Waals surface area contributed by atoms with Gasteiger partial charge in [0.2, 0.25) is 11.8 Å². The van der Waals surface area contributed by atoms with Crippen LogP contribution in [-0.4, -0.2) is 90.8 Å². The minimum atomic E-state index is -0.0715. The average Bonchev–Trinajstić information content (AvgIpc) is 3.50. The Hall–Kier alpha value is -1.92. The summed E-state index contributed by atoms with van der Waals surface area (Å²) in [7, 11) is 2.09. The summed E-state index contributed by atoms with van der Waals surface area (Å²) in [5.41, 5.74) is 1.32. The maximum absolute atomic E-state index is 12.8. The fraction of sp³-hybridized carbons (Fsp3) is 0.619. The van der Waals surface area contributed by atoms with Crippen molar-refractivity contribution in [3.05, 3.63) is 35.9 Å². The lowest BCUT2D eigenvalue weighted by Crippen LogP contribution is -2.50. The molecule has 0 spiro atoms. The number of amides is 2. The number of rotatable bonds is 4. The molecular formula is C21H30N4O2. The second-order valence-corrected chi connectivity index (χ2v) is 8.16. The lowest BCUT2D eigenvalue weighted by molar-refractivity contribution is -0.139. The van der Waals surface area contributed by atoms with Gasteiger partial charge in [-0.1, -0.05) is 30.3 Å². The molecule has 0 bridgehead atoms. The zero-order chi connectivity index (χ0) is 18.8. The Morgan fingerprint density at radius 1 is 0.815 bits per heavy atom. The minimum Gasteiger partial charge on any atom is -0.340 e. The fourth-order valence-electron chi connectivity index (χ4n) is 4.20. The van der Waals surface area contributed by atoms with E-state index in [1.54, 1.807) is 0 Å².